The molecule has 0 aliphatic carbocycles. The van der Waals surface area contributed by atoms with Gasteiger partial charge in [0.1, 0.15) is 11.6 Å². The Hall–Kier alpha value is -1.83. The lowest BCUT2D eigenvalue weighted by molar-refractivity contribution is -0.274. The molecule has 0 aliphatic heterocycles. The van der Waals surface area contributed by atoms with E-state index in [1.54, 1.807) is 0 Å². The van der Waals surface area contributed by atoms with E-state index >= 15 is 0 Å². The van der Waals surface area contributed by atoms with Gasteiger partial charge in [0, 0.05) is 6.42 Å². The van der Waals surface area contributed by atoms with Crippen molar-refractivity contribution in [2.45, 2.75) is 18.9 Å². The lowest BCUT2D eigenvalue weighted by Crippen LogP contribution is -2.24. The summed E-state index contributed by atoms with van der Waals surface area (Å²) in [6.45, 7) is 0. The summed E-state index contributed by atoms with van der Waals surface area (Å²) < 4.78 is 57.1. The van der Waals surface area contributed by atoms with Crippen LogP contribution in [-0.4, -0.2) is 30.7 Å². The first-order valence-electron chi connectivity index (χ1n) is 5.03. The molecule has 0 saturated heterocycles. The van der Waals surface area contributed by atoms with Crippen LogP contribution in [0.4, 0.5) is 17.6 Å². The molecule has 106 valence electrons. The number of aliphatic hydroxyl groups excluding tert-OH is 1. The van der Waals surface area contributed by atoms with Crippen LogP contribution in [0.2, 0.25) is 0 Å². The normalized spacial score (nSPS) is 12.9. The van der Waals surface area contributed by atoms with Gasteiger partial charge in [-0.2, -0.15) is 0 Å². The Balaban J connectivity index is 2.88. The first kappa shape index (κ1) is 15.2. The predicted molar refractivity (Wildman–Crippen MR) is 54.8 cm³/mol. The molecule has 0 heterocycles. The van der Waals surface area contributed by atoms with Crippen LogP contribution in [0.5, 0.6) is 5.75 Å². The summed E-state index contributed by atoms with van der Waals surface area (Å²) >= 11 is 0. The summed E-state index contributed by atoms with van der Waals surface area (Å²) in [4.78, 5) is 10.9. The minimum Gasteiger partial charge on any atom is -0.467 e. The topological polar surface area (TPSA) is 55.8 Å². The molecule has 1 N–H and O–H groups in total. The summed E-state index contributed by atoms with van der Waals surface area (Å²) in [5, 5.41) is 9.31. The monoisotopic (exact) mass is 282 g/mol. The average Bonchev–Trinajstić information content (AvgIpc) is 2.30. The first-order valence-corrected chi connectivity index (χ1v) is 5.03. The quantitative estimate of drug-likeness (QED) is 0.676. The molecular formula is C11H10F4O4. The van der Waals surface area contributed by atoms with Gasteiger partial charge >= 0.3 is 12.3 Å². The molecule has 0 aliphatic rings. The molecule has 0 amide bonds. The number of esters is 1. The maximum Gasteiger partial charge on any atom is 0.573 e. The van der Waals surface area contributed by atoms with Gasteiger partial charge in [-0.3, -0.25) is 0 Å². The zero-order chi connectivity index (χ0) is 14.6. The largest absolute Gasteiger partial charge is 0.573 e. The molecule has 4 nitrogen and oxygen atoms in total. The van der Waals surface area contributed by atoms with Gasteiger partial charge in [0.15, 0.2) is 6.10 Å². The fourth-order valence-electron chi connectivity index (χ4n) is 1.33. The fourth-order valence-corrected chi connectivity index (χ4v) is 1.33. The molecule has 1 aromatic carbocycles. The van der Waals surface area contributed by atoms with E-state index in [2.05, 4.69) is 9.47 Å². The maximum atomic E-state index is 13.3. The van der Waals surface area contributed by atoms with E-state index < -0.39 is 36.4 Å². The molecular weight excluding hydrogens is 272 g/mol. The van der Waals surface area contributed by atoms with Gasteiger partial charge in [0.25, 0.3) is 0 Å². The Kier molecular flexibility index (Phi) is 4.71. The van der Waals surface area contributed by atoms with Crippen molar-refractivity contribution in [2.75, 3.05) is 7.11 Å². The number of ether oxygens (including phenoxy) is 2. The Morgan fingerprint density at radius 1 is 1.42 bits per heavy atom. The second-order valence-electron chi connectivity index (χ2n) is 3.54. The van der Waals surface area contributed by atoms with Crippen LogP contribution in [0.15, 0.2) is 18.2 Å². The van der Waals surface area contributed by atoms with Crippen LogP contribution in [0.3, 0.4) is 0 Å². The third kappa shape index (κ3) is 4.74. The van der Waals surface area contributed by atoms with E-state index in [4.69, 9.17) is 0 Å². The first-order chi connectivity index (χ1) is 8.73. The smallest absolute Gasteiger partial charge is 0.467 e. The molecule has 0 aromatic heterocycles. The van der Waals surface area contributed by atoms with E-state index in [0.29, 0.717) is 0 Å². The summed E-state index contributed by atoms with van der Waals surface area (Å²) in [6.07, 6.45) is -7.09. The number of halogens is 4. The number of rotatable bonds is 4. The fraction of sp³-hybridized carbons (Fsp3) is 0.364. The van der Waals surface area contributed by atoms with E-state index in [1.807, 2.05) is 0 Å². The lowest BCUT2D eigenvalue weighted by Gasteiger charge is -2.12. The van der Waals surface area contributed by atoms with Crippen LogP contribution in [0.1, 0.15) is 5.56 Å². The highest BCUT2D eigenvalue weighted by Gasteiger charge is 2.31. The zero-order valence-corrected chi connectivity index (χ0v) is 9.70. The molecule has 19 heavy (non-hydrogen) atoms. The van der Waals surface area contributed by atoms with Crippen LogP contribution < -0.4 is 4.74 Å². The van der Waals surface area contributed by atoms with Gasteiger partial charge in [-0.25, -0.2) is 9.18 Å². The van der Waals surface area contributed by atoms with Crippen LogP contribution in [0.25, 0.3) is 0 Å². The van der Waals surface area contributed by atoms with Crippen LogP contribution in [-0.2, 0) is 16.0 Å². The molecule has 0 fully saturated rings. The van der Waals surface area contributed by atoms with Gasteiger partial charge in [-0.1, -0.05) is 0 Å². The van der Waals surface area contributed by atoms with Crippen molar-refractivity contribution in [3.63, 3.8) is 0 Å². The van der Waals surface area contributed by atoms with E-state index in [9.17, 15) is 27.5 Å². The zero-order valence-electron chi connectivity index (χ0n) is 9.70. The minimum atomic E-state index is -4.91. The van der Waals surface area contributed by atoms with Crippen molar-refractivity contribution in [3.05, 3.63) is 29.6 Å². The highest BCUT2D eigenvalue weighted by atomic mass is 19.4. The van der Waals surface area contributed by atoms with Crippen molar-refractivity contribution in [2.24, 2.45) is 0 Å². The highest BCUT2D eigenvalue weighted by molar-refractivity contribution is 5.74. The third-order valence-electron chi connectivity index (χ3n) is 2.14. The Bertz CT molecular complexity index is 458. The number of benzene rings is 1. The lowest BCUT2D eigenvalue weighted by atomic mass is 10.1. The van der Waals surface area contributed by atoms with E-state index in [-0.39, 0.29) is 5.56 Å². The standard InChI is InChI=1S/C11H10F4O4/c1-18-10(17)9(16)5-6-4-7(2-3-8(6)12)19-11(13,14)15/h2-4,9,16H,5H2,1H3. The van der Waals surface area contributed by atoms with Crippen molar-refractivity contribution in [1.82, 2.24) is 0 Å². The van der Waals surface area contributed by atoms with E-state index in [0.717, 1.165) is 25.3 Å². The number of alkyl halides is 3. The molecule has 0 saturated carbocycles. The second kappa shape index (κ2) is 5.87. The number of hydrogen-bond donors (Lipinski definition) is 1. The predicted octanol–water partition coefficient (Wildman–Crippen LogP) is 1.80. The SMILES string of the molecule is COC(=O)C(O)Cc1cc(OC(F)(F)F)ccc1F. The van der Waals surface area contributed by atoms with Gasteiger partial charge in [-0.05, 0) is 23.8 Å². The maximum absolute atomic E-state index is 13.3. The van der Waals surface area contributed by atoms with Crippen molar-refractivity contribution >= 4 is 5.97 Å². The van der Waals surface area contributed by atoms with Crippen molar-refractivity contribution < 1.29 is 36.9 Å². The number of carbonyl (C=O) groups excluding carboxylic acids is 1. The van der Waals surface area contributed by atoms with E-state index in [1.165, 1.54) is 0 Å². The molecule has 0 bridgehead atoms. The van der Waals surface area contributed by atoms with Gasteiger partial charge < -0.3 is 14.6 Å². The molecule has 8 heteroatoms. The summed E-state index contributed by atoms with van der Waals surface area (Å²) in [7, 11) is 1.02. The number of hydrogen-bond acceptors (Lipinski definition) is 4. The average molecular weight is 282 g/mol. The second-order valence-corrected chi connectivity index (χ2v) is 3.54. The van der Waals surface area contributed by atoms with Gasteiger partial charge in [0.2, 0.25) is 0 Å². The molecule has 1 aromatic rings. The molecule has 0 radical (unpaired) electrons. The van der Waals surface area contributed by atoms with Crippen LogP contribution in [0, 0.1) is 5.82 Å². The summed E-state index contributed by atoms with van der Waals surface area (Å²) in [5.74, 6) is -2.51. The molecule has 1 atom stereocenters. The molecule has 0 spiro atoms. The van der Waals surface area contributed by atoms with Crippen molar-refractivity contribution in [3.8, 4) is 5.75 Å². The summed E-state index contributed by atoms with van der Waals surface area (Å²) in [5.41, 5.74) is -0.292. The van der Waals surface area contributed by atoms with Gasteiger partial charge in [0.05, 0.1) is 7.11 Å². The third-order valence-corrected chi connectivity index (χ3v) is 2.14. The van der Waals surface area contributed by atoms with Crippen molar-refractivity contribution in [1.29, 1.82) is 0 Å². The summed E-state index contributed by atoms with van der Waals surface area (Å²) in [6, 6.07) is 2.30. The minimum absolute atomic E-state index is 0.292. The van der Waals surface area contributed by atoms with Gasteiger partial charge in [-0.15, -0.1) is 13.2 Å². The molecule has 1 unspecified atom stereocenters. The highest BCUT2D eigenvalue weighted by Crippen LogP contribution is 2.25. The Morgan fingerprint density at radius 2 is 2.05 bits per heavy atom. The van der Waals surface area contributed by atoms with Crippen LogP contribution >= 0.6 is 0 Å². The molecule has 1 rings (SSSR count). The Morgan fingerprint density at radius 3 is 2.58 bits per heavy atom. The Labute approximate surface area is 105 Å². The number of aliphatic hydroxyl groups is 1. The number of carbonyl (C=O) groups is 1. The number of methoxy groups -OCH3 is 1.